The summed E-state index contributed by atoms with van der Waals surface area (Å²) < 4.78 is 0. The molecule has 2 rings (SSSR count). The van der Waals surface area contributed by atoms with E-state index in [0.717, 1.165) is 19.4 Å². The van der Waals surface area contributed by atoms with Gasteiger partial charge in [0.1, 0.15) is 0 Å². The minimum atomic E-state index is -0.00801. The molecule has 3 atom stereocenters. The SMILES string of the molecule is CCC(C)NC1(CO)CCN2CCCC21. The molecule has 0 aromatic rings. The van der Waals surface area contributed by atoms with Crippen LogP contribution < -0.4 is 5.32 Å². The first kappa shape index (κ1) is 11.4. The molecule has 3 unspecified atom stereocenters. The van der Waals surface area contributed by atoms with E-state index < -0.39 is 0 Å². The molecular formula is C12H24N2O. The van der Waals surface area contributed by atoms with Gasteiger partial charge < -0.3 is 10.4 Å². The van der Waals surface area contributed by atoms with Gasteiger partial charge in [-0.3, -0.25) is 4.90 Å². The molecule has 0 aromatic carbocycles. The van der Waals surface area contributed by atoms with Crippen molar-refractivity contribution in [2.75, 3.05) is 19.7 Å². The number of rotatable bonds is 4. The molecule has 0 bridgehead atoms. The smallest absolute Gasteiger partial charge is 0.0629 e. The van der Waals surface area contributed by atoms with E-state index in [1.54, 1.807) is 0 Å². The lowest BCUT2D eigenvalue weighted by Crippen LogP contribution is -2.58. The van der Waals surface area contributed by atoms with Crippen LogP contribution in [0, 0.1) is 0 Å². The number of nitrogens with one attached hydrogen (secondary N) is 1. The molecule has 2 saturated heterocycles. The highest BCUT2D eigenvalue weighted by molar-refractivity contribution is 5.08. The Morgan fingerprint density at radius 3 is 3.00 bits per heavy atom. The van der Waals surface area contributed by atoms with Crippen molar-refractivity contribution in [1.82, 2.24) is 10.2 Å². The number of aliphatic hydroxyl groups excluding tert-OH is 1. The summed E-state index contributed by atoms with van der Waals surface area (Å²) in [5.74, 6) is 0. The van der Waals surface area contributed by atoms with Gasteiger partial charge in [-0.2, -0.15) is 0 Å². The Labute approximate surface area is 92.8 Å². The van der Waals surface area contributed by atoms with Crippen molar-refractivity contribution in [3.05, 3.63) is 0 Å². The zero-order valence-electron chi connectivity index (χ0n) is 10.00. The molecule has 2 fully saturated rings. The number of hydrogen-bond donors (Lipinski definition) is 2. The van der Waals surface area contributed by atoms with Crippen molar-refractivity contribution in [2.45, 2.75) is 57.2 Å². The second-order valence-electron chi connectivity index (χ2n) is 5.21. The summed E-state index contributed by atoms with van der Waals surface area (Å²) in [6, 6.07) is 1.09. The van der Waals surface area contributed by atoms with Gasteiger partial charge in [0.2, 0.25) is 0 Å². The fourth-order valence-corrected chi connectivity index (χ4v) is 3.22. The van der Waals surface area contributed by atoms with Crippen molar-refractivity contribution in [1.29, 1.82) is 0 Å². The van der Waals surface area contributed by atoms with Crippen LogP contribution in [-0.2, 0) is 0 Å². The standard InChI is InChI=1S/C12H24N2O/c1-3-10(2)13-12(9-15)6-8-14-7-4-5-11(12)14/h10-11,13,15H,3-9H2,1-2H3. The van der Waals surface area contributed by atoms with E-state index in [9.17, 15) is 5.11 Å². The molecule has 0 radical (unpaired) electrons. The topological polar surface area (TPSA) is 35.5 Å². The van der Waals surface area contributed by atoms with Gasteiger partial charge in [0.15, 0.2) is 0 Å². The van der Waals surface area contributed by atoms with Crippen LogP contribution in [0.15, 0.2) is 0 Å². The number of hydrogen-bond acceptors (Lipinski definition) is 3. The van der Waals surface area contributed by atoms with Crippen molar-refractivity contribution < 1.29 is 5.11 Å². The first-order valence-corrected chi connectivity index (χ1v) is 6.34. The Morgan fingerprint density at radius 1 is 1.53 bits per heavy atom. The van der Waals surface area contributed by atoms with E-state index >= 15 is 0 Å². The van der Waals surface area contributed by atoms with Crippen LogP contribution in [0.4, 0.5) is 0 Å². The third-order valence-electron chi connectivity index (χ3n) is 4.28. The zero-order valence-corrected chi connectivity index (χ0v) is 10.00. The normalized spacial score (nSPS) is 38.2. The Balaban J connectivity index is 2.07. The van der Waals surface area contributed by atoms with Gasteiger partial charge in [-0.15, -0.1) is 0 Å². The maximum atomic E-state index is 9.72. The fraction of sp³-hybridized carbons (Fsp3) is 1.00. The summed E-state index contributed by atoms with van der Waals surface area (Å²) in [4.78, 5) is 2.55. The summed E-state index contributed by atoms with van der Waals surface area (Å²) >= 11 is 0. The monoisotopic (exact) mass is 212 g/mol. The first-order chi connectivity index (χ1) is 7.22. The van der Waals surface area contributed by atoms with Crippen molar-refractivity contribution in [3.63, 3.8) is 0 Å². The largest absolute Gasteiger partial charge is 0.394 e. The molecule has 2 aliphatic heterocycles. The van der Waals surface area contributed by atoms with Crippen molar-refractivity contribution >= 4 is 0 Å². The van der Waals surface area contributed by atoms with Crippen LogP contribution in [0.5, 0.6) is 0 Å². The zero-order chi connectivity index (χ0) is 10.9. The van der Waals surface area contributed by atoms with Crippen LogP contribution in [0.1, 0.15) is 39.5 Å². The lowest BCUT2D eigenvalue weighted by atomic mass is 9.88. The van der Waals surface area contributed by atoms with Gasteiger partial charge in [0, 0.05) is 18.6 Å². The average Bonchev–Trinajstić information content (AvgIpc) is 2.82. The predicted octanol–water partition coefficient (Wildman–Crippen LogP) is 0.974. The highest BCUT2D eigenvalue weighted by Gasteiger charge is 2.48. The van der Waals surface area contributed by atoms with Crippen LogP contribution in [-0.4, -0.2) is 47.3 Å². The lowest BCUT2D eigenvalue weighted by Gasteiger charge is -2.37. The van der Waals surface area contributed by atoms with Crippen molar-refractivity contribution in [2.24, 2.45) is 0 Å². The van der Waals surface area contributed by atoms with Gasteiger partial charge in [-0.1, -0.05) is 6.92 Å². The van der Waals surface area contributed by atoms with E-state index in [-0.39, 0.29) is 5.54 Å². The van der Waals surface area contributed by atoms with Gasteiger partial charge >= 0.3 is 0 Å². The van der Waals surface area contributed by atoms with Gasteiger partial charge in [0.05, 0.1) is 12.1 Å². The van der Waals surface area contributed by atoms with E-state index in [1.165, 1.54) is 19.4 Å². The minimum absolute atomic E-state index is 0.00801. The third kappa shape index (κ3) is 1.93. The van der Waals surface area contributed by atoms with E-state index in [2.05, 4.69) is 24.1 Å². The second kappa shape index (κ2) is 4.40. The molecule has 2 heterocycles. The molecule has 0 aliphatic carbocycles. The molecule has 3 nitrogen and oxygen atoms in total. The van der Waals surface area contributed by atoms with Crippen LogP contribution in [0.3, 0.4) is 0 Å². The molecular weight excluding hydrogens is 188 g/mol. The van der Waals surface area contributed by atoms with Crippen LogP contribution in [0.2, 0.25) is 0 Å². The molecule has 0 amide bonds. The maximum absolute atomic E-state index is 9.72. The fourth-order valence-electron chi connectivity index (χ4n) is 3.22. The Morgan fingerprint density at radius 2 is 2.33 bits per heavy atom. The average molecular weight is 212 g/mol. The molecule has 3 heteroatoms. The van der Waals surface area contributed by atoms with Gasteiger partial charge in [0.25, 0.3) is 0 Å². The maximum Gasteiger partial charge on any atom is 0.0629 e. The van der Waals surface area contributed by atoms with Gasteiger partial charge in [-0.05, 0) is 39.2 Å². The molecule has 15 heavy (non-hydrogen) atoms. The van der Waals surface area contributed by atoms with Crippen molar-refractivity contribution in [3.8, 4) is 0 Å². The van der Waals surface area contributed by atoms with E-state index in [0.29, 0.717) is 18.7 Å². The Bertz CT molecular complexity index is 222. The van der Waals surface area contributed by atoms with Crippen LogP contribution in [0.25, 0.3) is 0 Å². The summed E-state index contributed by atoms with van der Waals surface area (Å²) in [6.07, 6.45) is 4.80. The summed E-state index contributed by atoms with van der Waals surface area (Å²) in [7, 11) is 0. The van der Waals surface area contributed by atoms with E-state index in [1.807, 2.05) is 0 Å². The predicted molar refractivity (Wildman–Crippen MR) is 61.9 cm³/mol. The first-order valence-electron chi connectivity index (χ1n) is 6.34. The van der Waals surface area contributed by atoms with Crippen LogP contribution >= 0.6 is 0 Å². The molecule has 2 aliphatic rings. The summed E-state index contributed by atoms with van der Waals surface area (Å²) in [5.41, 5.74) is -0.00801. The highest BCUT2D eigenvalue weighted by atomic mass is 16.3. The number of aliphatic hydroxyl groups is 1. The third-order valence-corrected chi connectivity index (χ3v) is 4.28. The highest BCUT2D eigenvalue weighted by Crippen LogP contribution is 2.36. The Kier molecular flexibility index (Phi) is 3.33. The number of fused-ring (bicyclic) bond motifs is 1. The quantitative estimate of drug-likeness (QED) is 0.729. The van der Waals surface area contributed by atoms with Gasteiger partial charge in [-0.25, -0.2) is 0 Å². The molecule has 2 N–H and O–H groups in total. The summed E-state index contributed by atoms with van der Waals surface area (Å²) in [6.45, 7) is 7.10. The van der Waals surface area contributed by atoms with E-state index in [4.69, 9.17) is 0 Å². The Hall–Kier alpha value is -0.120. The lowest BCUT2D eigenvalue weighted by molar-refractivity contribution is 0.116. The molecule has 0 spiro atoms. The molecule has 0 aromatic heterocycles. The second-order valence-corrected chi connectivity index (χ2v) is 5.21. The molecule has 88 valence electrons. The number of nitrogens with zero attached hydrogens (tertiary/aromatic N) is 1. The minimum Gasteiger partial charge on any atom is -0.394 e. The summed E-state index contributed by atoms with van der Waals surface area (Å²) in [5, 5.41) is 13.4. The molecule has 0 saturated carbocycles.